The Balaban J connectivity index is 1.51. The minimum Gasteiger partial charge on any atom is -0.324 e. The quantitative estimate of drug-likeness (QED) is 0.357. The summed E-state index contributed by atoms with van der Waals surface area (Å²) in [4.78, 5) is 29.4. The van der Waals surface area contributed by atoms with Gasteiger partial charge >= 0.3 is 0 Å². The monoisotopic (exact) mass is 511 g/mol. The van der Waals surface area contributed by atoms with Crippen LogP contribution in [0.2, 0.25) is 0 Å². The van der Waals surface area contributed by atoms with Gasteiger partial charge in [-0.2, -0.15) is 4.98 Å². The highest BCUT2D eigenvalue weighted by atomic mass is 16.1. The van der Waals surface area contributed by atoms with Crippen LogP contribution in [0.4, 0.5) is 11.6 Å². The Morgan fingerprint density at radius 2 is 1.97 bits per heavy atom. The van der Waals surface area contributed by atoms with Crippen molar-refractivity contribution in [2.24, 2.45) is 5.92 Å². The Morgan fingerprint density at radius 3 is 2.71 bits per heavy atom. The van der Waals surface area contributed by atoms with Crippen LogP contribution in [0.25, 0.3) is 16.7 Å². The van der Waals surface area contributed by atoms with Crippen LogP contribution >= 0.6 is 0 Å². The molecule has 5 rings (SSSR count). The van der Waals surface area contributed by atoms with Crippen LogP contribution in [0.3, 0.4) is 0 Å². The molecule has 0 aliphatic heterocycles. The molecule has 4 aromatic rings. The topological polar surface area (TPSA) is 80.9 Å². The number of allylic oxidation sites excluding steroid dienone is 1. The molecular formula is C30H37N7O. The zero-order valence-electron chi connectivity index (χ0n) is 23.0. The molecule has 1 N–H and O–H groups in total. The smallest absolute Gasteiger partial charge is 0.278 e. The predicted molar refractivity (Wildman–Crippen MR) is 154 cm³/mol. The van der Waals surface area contributed by atoms with Crippen molar-refractivity contribution in [3.63, 3.8) is 0 Å². The lowest BCUT2D eigenvalue weighted by atomic mass is 9.83. The van der Waals surface area contributed by atoms with Crippen molar-refractivity contribution < 1.29 is 0 Å². The molecule has 0 bridgehead atoms. The van der Waals surface area contributed by atoms with Gasteiger partial charge in [0.15, 0.2) is 5.65 Å². The first-order chi connectivity index (χ1) is 18.1. The number of rotatable bonds is 7. The lowest BCUT2D eigenvalue weighted by Gasteiger charge is -2.27. The number of nitrogens with zero attached hydrogens (tertiary/aromatic N) is 6. The third-order valence-corrected chi connectivity index (χ3v) is 7.15. The summed E-state index contributed by atoms with van der Waals surface area (Å²) in [5, 5.41) is 3.84. The van der Waals surface area contributed by atoms with Gasteiger partial charge in [0.1, 0.15) is 5.39 Å². The van der Waals surface area contributed by atoms with E-state index in [-0.39, 0.29) is 11.0 Å². The maximum atomic E-state index is 13.3. The van der Waals surface area contributed by atoms with Gasteiger partial charge in [0, 0.05) is 35.7 Å². The number of aromatic nitrogens is 5. The van der Waals surface area contributed by atoms with Gasteiger partial charge in [0.05, 0.1) is 12.2 Å². The number of hydrogen-bond acceptors (Lipinski definition) is 6. The summed E-state index contributed by atoms with van der Waals surface area (Å²) >= 11 is 0. The minimum absolute atomic E-state index is 0.136. The van der Waals surface area contributed by atoms with Crippen molar-refractivity contribution >= 4 is 22.7 Å². The van der Waals surface area contributed by atoms with Crippen molar-refractivity contribution in [2.75, 3.05) is 26.0 Å². The van der Waals surface area contributed by atoms with E-state index in [0.29, 0.717) is 29.4 Å². The number of pyridine rings is 1. The molecular weight excluding hydrogens is 474 g/mol. The molecule has 1 aromatic carbocycles. The molecule has 1 unspecified atom stereocenters. The number of anilines is 2. The number of aryl methyl sites for hydroxylation is 1. The Kier molecular flexibility index (Phi) is 6.92. The van der Waals surface area contributed by atoms with Crippen LogP contribution in [0.15, 0.2) is 60.2 Å². The van der Waals surface area contributed by atoms with E-state index in [1.165, 1.54) is 17.5 Å². The summed E-state index contributed by atoms with van der Waals surface area (Å²) in [6, 6.07) is 10.4. The fourth-order valence-corrected chi connectivity index (χ4v) is 5.31. The Labute approximate surface area is 224 Å². The molecule has 198 valence electrons. The lowest BCUT2D eigenvalue weighted by Crippen LogP contribution is -2.26. The van der Waals surface area contributed by atoms with E-state index in [2.05, 4.69) is 79.8 Å². The molecule has 1 aliphatic rings. The maximum Gasteiger partial charge on any atom is 0.278 e. The Hall–Kier alpha value is -3.78. The minimum atomic E-state index is -0.151. The zero-order valence-corrected chi connectivity index (χ0v) is 23.0. The molecule has 0 radical (unpaired) electrons. The van der Waals surface area contributed by atoms with E-state index in [1.54, 1.807) is 23.2 Å². The number of nitrogens with one attached hydrogen (secondary N) is 1. The second-order valence-electron chi connectivity index (χ2n) is 11.5. The van der Waals surface area contributed by atoms with Gasteiger partial charge in [-0.25, -0.2) is 14.3 Å². The SMILES string of the molecule is C=CCn1c(=O)c2cnc(Nc3ccc4c(c3)CCC(CN(C)C)C4)nc2n1-c1ccnc(C(C)(C)C)c1. The average molecular weight is 512 g/mol. The number of fused-ring (bicyclic) bond motifs is 2. The highest BCUT2D eigenvalue weighted by Gasteiger charge is 2.22. The Morgan fingerprint density at radius 1 is 1.16 bits per heavy atom. The number of benzene rings is 1. The fraction of sp³-hybridized carbons (Fsp3) is 0.400. The van der Waals surface area contributed by atoms with E-state index >= 15 is 0 Å². The number of hydrogen-bond donors (Lipinski definition) is 1. The van der Waals surface area contributed by atoms with Crippen LogP contribution in [0.1, 0.15) is 44.0 Å². The summed E-state index contributed by atoms with van der Waals surface area (Å²) in [5.74, 6) is 1.15. The van der Waals surface area contributed by atoms with E-state index in [9.17, 15) is 4.79 Å². The maximum absolute atomic E-state index is 13.3. The van der Waals surface area contributed by atoms with Crippen molar-refractivity contribution in [1.29, 1.82) is 0 Å². The van der Waals surface area contributed by atoms with E-state index < -0.39 is 0 Å². The third kappa shape index (κ3) is 5.13. The molecule has 0 fully saturated rings. The van der Waals surface area contributed by atoms with Gasteiger partial charge in [0.2, 0.25) is 5.95 Å². The molecule has 0 amide bonds. The first-order valence-electron chi connectivity index (χ1n) is 13.2. The van der Waals surface area contributed by atoms with Crippen molar-refractivity contribution in [3.05, 3.63) is 82.6 Å². The molecule has 8 heteroatoms. The molecule has 3 aromatic heterocycles. The van der Waals surface area contributed by atoms with Gasteiger partial charge in [-0.05, 0) is 74.7 Å². The summed E-state index contributed by atoms with van der Waals surface area (Å²) in [5.41, 5.74) is 5.77. The van der Waals surface area contributed by atoms with Crippen molar-refractivity contribution in [1.82, 2.24) is 29.2 Å². The Bertz CT molecular complexity index is 1540. The van der Waals surface area contributed by atoms with Gasteiger partial charge in [-0.15, -0.1) is 6.58 Å². The van der Waals surface area contributed by atoms with Gasteiger partial charge in [-0.3, -0.25) is 9.78 Å². The lowest BCUT2D eigenvalue weighted by molar-refractivity contribution is 0.303. The molecule has 0 spiro atoms. The third-order valence-electron chi connectivity index (χ3n) is 7.15. The predicted octanol–water partition coefficient (Wildman–Crippen LogP) is 4.87. The molecule has 1 atom stereocenters. The molecule has 38 heavy (non-hydrogen) atoms. The van der Waals surface area contributed by atoms with Crippen molar-refractivity contribution in [3.8, 4) is 5.69 Å². The van der Waals surface area contributed by atoms with E-state index in [4.69, 9.17) is 4.98 Å². The van der Waals surface area contributed by atoms with Crippen LogP contribution in [-0.4, -0.2) is 49.9 Å². The molecule has 1 aliphatic carbocycles. The summed E-state index contributed by atoms with van der Waals surface area (Å²) in [7, 11) is 4.28. The van der Waals surface area contributed by atoms with Crippen LogP contribution in [0, 0.1) is 5.92 Å². The van der Waals surface area contributed by atoms with Gasteiger partial charge in [-0.1, -0.05) is 32.9 Å². The fourth-order valence-electron chi connectivity index (χ4n) is 5.31. The van der Waals surface area contributed by atoms with Crippen LogP contribution < -0.4 is 10.9 Å². The standard InChI is InChI=1S/C30H37N7O/c1-7-14-36-28(38)25-18-32-29(34-27(25)37(36)24-12-13-31-26(17-24)30(2,3)4)33-23-11-10-21-15-20(19-35(5)6)8-9-22(21)16-23/h7,10-13,16-18,20H,1,8-9,14-15,19H2,2-6H3,(H,32,33,34). The highest BCUT2D eigenvalue weighted by Crippen LogP contribution is 2.29. The van der Waals surface area contributed by atoms with E-state index in [1.807, 2.05) is 16.8 Å². The summed E-state index contributed by atoms with van der Waals surface area (Å²) < 4.78 is 3.49. The molecule has 0 saturated carbocycles. The van der Waals surface area contributed by atoms with Gasteiger partial charge < -0.3 is 10.2 Å². The highest BCUT2D eigenvalue weighted by molar-refractivity contribution is 5.77. The largest absolute Gasteiger partial charge is 0.324 e. The van der Waals surface area contributed by atoms with Gasteiger partial charge in [0.25, 0.3) is 5.56 Å². The normalized spacial score (nSPS) is 15.6. The average Bonchev–Trinajstić information content (AvgIpc) is 3.14. The second-order valence-corrected chi connectivity index (χ2v) is 11.5. The first kappa shape index (κ1) is 25.9. The zero-order chi connectivity index (χ0) is 27.0. The summed E-state index contributed by atoms with van der Waals surface area (Å²) in [6.07, 6.45) is 8.49. The first-order valence-corrected chi connectivity index (χ1v) is 13.2. The van der Waals surface area contributed by atoms with Crippen molar-refractivity contribution in [2.45, 2.75) is 52.0 Å². The van der Waals surface area contributed by atoms with Crippen LogP contribution in [0.5, 0.6) is 0 Å². The summed E-state index contributed by atoms with van der Waals surface area (Å²) in [6.45, 7) is 11.7. The molecule has 0 saturated heterocycles. The van der Waals surface area contributed by atoms with Crippen LogP contribution in [-0.2, 0) is 24.8 Å². The second kappa shape index (κ2) is 10.2. The molecule has 3 heterocycles. The van der Waals surface area contributed by atoms with E-state index in [0.717, 1.165) is 36.5 Å². The molecule has 8 nitrogen and oxygen atoms in total.